The molecule has 0 spiro atoms. The summed E-state index contributed by atoms with van der Waals surface area (Å²) in [6.45, 7) is 11.9. The van der Waals surface area contributed by atoms with Crippen LogP contribution in [0.5, 0.6) is 0 Å². The van der Waals surface area contributed by atoms with Crippen molar-refractivity contribution < 1.29 is 23.5 Å². The van der Waals surface area contributed by atoms with E-state index in [1.165, 1.54) is 0 Å². The first-order chi connectivity index (χ1) is 12.7. The highest BCUT2D eigenvalue weighted by Crippen LogP contribution is 2.09. The number of carbonyl (C=O) groups is 4. The number of carbonyl (C=O) groups excluding carboxylic acids is 4. The van der Waals surface area contributed by atoms with Gasteiger partial charge in [-0.15, -0.1) is 0 Å². The van der Waals surface area contributed by atoms with E-state index in [2.05, 4.69) is 10.6 Å². The number of amides is 2. The summed E-state index contributed by atoms with van der Waals surface area (Å²) in [6, 6.07) is -0.683. The van der Waals surface area contributed by atoms with E-state index < -0.39 is 6.04 Å². The smallest absolute Gasteiger partial charge is 0.220 e. The topological polar surface area (TPSA) is 118 Å². The van der Waals surface area contributed by atoms with E-state index in [0.717, 1.165) is 0 Å². The van der Waals surface area contributed by atoms with Crippen molar-refractivity contribution in [2.75, 3.05) is 13.1 Å². The van der Waals surface area contributed by atoms with Crippen LogP contribution in [0.3, 0.4) is 0 Å². The SMILES string of the molecule is CC.CC(C)C(=O)CCCC(=O)NC(CCC(=O)NCCN)C(=O)C(C)C.[HH].[HH].[HH]. The number of hydrogen-bond acceptors (Lipinski definition) is 5. The molecule has 0 aromatic rings. The third kappa shape index (κ3) is 14.0. The van der Waals surface area contributed by atoms with Crippen LogP contribution >= 0.6 is 0 Å². The van der Waals surface area contributed by atoms with Crippen molar-refractivity contribution in [3.8, 4) is 0 Å². The van der Waals surface area contributed by atoms with Crippen molar-refractivity contribution in [3.05, 3.63) is 0 Å². The number of nitrogens with one attached hydrogen (secondary N) is 2. The summed E-state index contributed by atoms with van der Waals surface area (Å²) < 4.78 is 0. The average Bonchev–Trinajstić information content (AvgIpc) is 2.63. The Morgan fingerprint density at radius 3 is 1.96 bits per heavy atom. The molecule has 0 aromatic carbocycles. The summed E-state index contributed by atoms with van der Waals surface area (Å²) in [6.07, 6.45) is 1.41. The Kier molecular flexibility index (Phi) is 16.7. The van der Waals surface area contributed by atoms with E-state index >= 15 is 0 Å². The maximum absolute atomic E-state index is 12.3. The summed E-state index contributed by atoms with van der Waals surface area (Å²) >= 11 is 0. The molecule has 0 fully saturated rings. The van der Waals surface area contributed by atoms with Gasteiger partial charge in [-0.25, -0.2) is 0 Å². The lowest BCUT2D eigenvalue weighted by Crippen LogP contribution is -2.43. The quantitative estimate of drug-likeness (QED) is 0.446. The van der Waals surface area contributed by atoms with E-state index in [9.17, 15) is 19.2 Å². The molecule has 0 saturated carbocycles. The number of ketones is 2. The summed E-state index contributed by atoms with van der Waals surface area (Å²) in [5, 5.41) is 5.35. The van der Waals surface area contributed by atoms with Crippen LogP contribution in [0.1, 0.15) is 77.9 Å². The lowest BCUT2D eigenvalue weighted by Gasteiger charge is -2.19. The Labute approximate surface area is 168 Å². The molecule has 2 amide bonds. The Balaban J connectivity index is -0.000000403. The van der Waals surface area contributed by atoms with E-state index in [0.29, 0.717) is 25.9 Å². The molecule has 164 valence electrons. The molecule has 1 unspecified atom stereocenters. The molecule has 0 aliphatic rings. The molecule has 0 aliphatic heterocycles. The van der Waals surface area contributed by atoms with Crippen LogP contribution in [-0.2, 0) is 19.2 Å². The molecule has 4 N–H and O–H groups in total. The maximum atomic E-state index is 12.3. The first-order valence-electron chi connectivity index (χ1n) is 10.0. The highest BCUT2D eigenvalue weighted by atomic mass is 16.2. The number of rotatable bonds is 13. The van der Waals surface area contributed by atoms with Gasteiger partial charge in [-0.1, -0.05) is 41.5 Å². The zero-order valence-corrected chi connectivity index (χ0v) is 17.9. The first kappa shape index (κ1) is 27.5. The van der Waals surface area contributed by atoms with E-state index in [1.807, 2.05) is 27.7 Å². The summed E-state index contributed by atoms with van der Waals surface area (Å²) in [5.74, 6) is -0.704. The lowest BCUT2D eigenvalue weighted by atomic mass is 9.97. The minimum atomic E-state index is -0.683. The van der Waals surface area contributed by atoms with Crippen molar-refractivity contribution >= 4 is 23.4 Å². The second kappa shape index (κ2) is 16.4. The van der Waals surface area contributed by atoms with Crippen LogP contribution in [0.2, 0.25) is 0 Å². The van der Waals surface area contributed by atoms with Gasteiger partial charge in [-0.3, -0.25) is 19.2 Å². The molecule has 0 heterocycles. The van der Waals surface area contributed by atoms with Gasteiger partial charge < -0.3 is 16.4 Å². The average molecular weight is 392 g/mol. The van der Waals surface area contributed by atoms with Crippen molar-refractivity contribution in [1.82, 2.24) is 10.6 Å². The highest BCUT2D eigenvalue weighted by Gasteiger charge is 2.23. The van der Waals surface area contributed by atoms with Gasteiger partial charge in [0.2, 0.25) is 11.8 Å². The fourth-order valence-corrected chi connectivity index (χ4v) is 2.24. The molecule has 1 atom stereocenters. The molecule has 0 bridgehead atoms. The monoisotopic (exact) mass is 391 g/mol. The molecular formula is C20H45N3O4. The molecule has 7 heteroatoms. The van der Waals surface area contributed by atoms with Crippen molar-refractivity contribution in [2.45, 2.75) is 79.7 Å². The van der Waals surface area contributed by atoms with Crippen LogP contribution in [0.25, 0.3) is 0 Å². The van der Waals surface area contributed by atoms with E-state index in [1.54, 1.807) is 13.8 Å². The lowest BCUT2D eigenvalue weighted by molar-refractivity contribution is -0.130. The zero-order chi connectivity index (χ0) is 21.4. The predicted octanol–water partition coefficient (Wildman–Crippen LogP) is 2.71. The predicted molar refractivity (Wildman–Crippen MR) is 114 cm³/mol. The molecular weight excluding hydrogens is 346 g/mol. The first-order valence-corrected chi connectivity index (χ1v) is 10.0. The van der Waals surface area contributed by atoms with Gasteiger partial charge in [0.05, 0.1) is 6.04 Å². The van der Waals surface area contributed by atoms with Crippen LogP contribution in [0.15, 0.2) is 0 Å². The fraction of sp³-hybridized carbons (Fsp3) is 0.800. The second-order valence-electron chi connectivity index (χ2n) is 6.83. The molecule has 27 heavy (non-hydrogen) atoms. The molecule has 0 aromatic heterocycles. The van der Waals surface area contributed by atoms with Crippen LogP contribution in [0.4, 0.5) is 0 Å². The summed E-state index contributed by atoms with van der Waals surface area (Å²) in [4.78, 5) is 47.5. The van der Waals surface area contributed by atoms with Crippen molar-refractivity contribution in [2.24, 2.45) is 17.6 Å². The minimum Gasteiger partial charge on any atom is -0.355 e. The fourth-order valence-electron chi connectivity index (χ4n) is 2.24. The standard InChI is InChI=1S/C18H33N3O4.C2H6.3H2/c1-12(2)15(22)6-5-7-17(24)21-14(18(25)13(3)4)8-9-16(23)20-11-10-19;1-2;;;/h12-14H,5-11,19H2,1-4H3,(H,20,23)(H,21,24);1-2H3;3*1H. The van der Waals surface area contributed by atoms with Gasteiger partial charge in [0, 0.05) is 48.5 Å². The third-order valence-corrected chi connectivity index (χ3v) is 3.85. The Morgan fingerprint density at radius 1 is 0.889 bits per heavy atom. The number of Topliss-reactive ketones (excluding diaryl/α,β-unsaturated/α-hetero) is 2. The van der Waals surface area contributed by atoms with E-state index in [4.69, 9.17) is 5.73 Å². The molecule has 0 saturated heterocycles. The summed E-state index contributed by atoms with van der Waals surface area (Å²) in [7, 11) is 0. The molecule has 0 radical (unpaired) electrons. The van der Waals surface area contributed by atoms with Gasteiger partial charge in [-0.2, -0.15) is 0 Å². The highest BCUT2D eigenvalue weighted by molar-refractivity contribution is 5.91. The van der Waals surface area contributed by atoms with Crippen LogP contribution in [0, 0.1) is 11.8 Å². The third-order valence-electron chi connectivity index (χ3n) is 3.85. The van der Waals surface area contributed by atoms with E-state index in [-0.39, 0.29) is 58.8 Å². The normalized spacial score (nSPS) is 11.4. The molecule has 7 nitrogen and oxygen atoms in total. The number of nitrogens with two attached hydrogens (primary N) is 1. The van der Waals surface area contributed by atoms with Gasteiger partial charge in [0.1, 0.15) is 5.78 Å². The summed E-state index contributed by atoms with van der Waals surface area (Å²) in [5.41, 5.74) is 5.32. The zero-order valence-electron chi connectivity index (χ0n) is 17.9. The number of hydrogen-bond donors (Lipinski definition) is 3. The van der Waals surface area contributed by atoms with Crippen LogP contribution in [-0.4, -0.2) is 42.5 Å². The van der Waals surface area contributed by atoms with Crippen molar-refractivity contribution in [3.63, 3.8) is 0 Å². The second-order valence-corrected chi connectivity index (χ2v) is 6.83. The van der Waals surface area contributed by atoms with Gasteiger partial charge in [0.25, 0.3) is 0 Å². The Bertz CT molecular complexity index is 476. The van der Waals surface area contributed by atoms with Crippen LogP contribution < -0.4 is 16.4 Å². The minimum absolute atomic E-state index is 0. The van der Waals surface area contributed by atoms with Gasteiger partial charge >= 0.3 is 0 Å². The maximum Gasteiger partial charge on any atom is 0.220 e. The molecule has 0 rings (SSSR count). The Hall–Kier alpha value is -1.76. The van der Waals surface area contributed by atoms with Gasteiger partial charge in [-0.05, 0) is 12.8 Å². The molecule has 0 aliphatic carbocycles. The van der Waals surface area contributed by atoms with Gasteiger partial charge in [0.15, 0.2) is 5.78 Å². The van der Waals surface area contributed by atoms with Crippen molar-refractivity contribution in [1.29, 1.82) is 0 Å². The largest absolute Gasteiger partial charge is 0.355 e. The Morgan fingerprint density at radius 2 is 1.48 bits per heavy atom.